The fourth-order valence-corrected chi connectivity index (χ4v) is 12.9. The van der Waals surface area contributed by atoms with Gasteiger partial charge in [-0.1, -0.05) is 34.6 Å². The first-order valence-corrected chi connectivity index (χ1v) is 16.6. The first-order chi connectivity index (χ1) is 19.0. The Labute approximate surface area is 247 Å². The van der Waals surface area contributed by atoms with Crippen LogP contribution in [0, 0.1) is 50.7 Å². The van der Waals surface area contributed by atoms with E-state index in [1.165, 1.54) is 32.6 Å². The van der Waals surface area contributed by atoms with Crippen LogP contribution in [-0.2, 0) is 19.0 Å². The minimum atomic E-state index is -1.24. The van der Waals surface area contributed by atoms with Crippen molar-refractivity contribution in [1.29, 1.82) is 0 Å². The van der Waals surface area contributed by atoms with E-state index in [1.54, 1.807) is 13.8 Å². The predicted octanol–water partition coefficient (Wildman–Crippen LogP) is 4.85. The van der Waals surface area contributed by atoms with Crippen molar-refractivity contribution in [3.63, 3.8) is 0 Å². The molecule has 0 aromatic carbocycles. The smallest absolute Gasteiger partial charge is 0.303 e. The third kappa shape index (κ3) is 3.83. The highest BCUT2D eigenvalue weighted by Gasteiger charge is 2.84. The number of aliphatic hydroxyl groups excluding tert-OH is 1. The maximum Gasteiger partial charge on any atom is 0.303 e. The second-order valence-corrected chi connectivity index (χ2v) is 16.9. The molecule has 5 saturated carbocycles. The van der Waals surface area contributed by atoms with Crippen molar-refractivity contribution < 1.29 is 29.2 Å². The van der Waals surface area contributed by atoms with Crippen LogP contribution in [0.5, 0.6) is 0 Å². The van der Waals surface area contributed by atoms with Crippen molar-refractivity contribution in [2.45, 2.75) is 143 Å². The number of hydrogen-bond donors (Lipinski definition) is 3. The third-order valence-electron chi connectivity index (χ3n) is 14.5. The molecule has 234 valence electrons. The molecule has 0 amide bonds. The number of carbonyl (C=O) groups excluding carboxylic acids is 1. The number of aliphatic hydroxyl groups is 2. The van der Waals surface area contributed by atoms with E-state index in [9.17, 15) is 15.0 Å². The molecule has 7 nitrogen and oxygen atoms in total. The molecule has 0 bridgehead atoms. The average Bonchev–Trinajstić information content (AvgIpc) is 3.50. The topological polar surface area (TPSA) is 111 Å². The highest BCUT2D eigenvalue weighted by molar-refractivity contribution is 5.66. The summed E-state index contributed by atoms with van der Waals surface area (Å²) in [4.78, 5) is 12.0. The van der Waals surface area contributed by atoms with Gasteiger partial charge in [0.15, 0.2) is 6.10 Å². The van der Waals surface area contributed by atoms with Crippen LogP contribution in [0.25, 0.3) is 0 Å². The Balaban J connectivity index is 1.31. The highest BCUT2D eigenvalue weighted by Crippen LogP contribution is 2.89. The Morgan fingerprint density at radius 1 is 1.07 bits per heavy atom. The summed E-state index contributed by atoms with van der Waals surface area (Å²) in [5.74, 6) is 1.22. The number of hydrogen-bond acceptors (Lipinski definition) is 7. The molecular formula is C34H57NO6. The molecule has 0 aromatic heterocycles. The lowest BCUT2D eigenvalue weighted by Crippen LogP contribution is -2.60. The molecule has 1 heterocycles. The minimum absolute atomic E-state index is 0.0311. The van der Waals surface area contributed by atoms with Crippen LogP contribution in [-0.4, -0.2) is 65.5 Å². The van der Waals surface area contributed by atoms with Crippen molar-refractivity contribution in [2.24, 2.45) is 56.5 Å². The van der Waals surface area contributed by atoms with Crippen molar-refractivity contribution in [3.8, 4) is 0 Å². The molecule has 13 unspecified atom stereocenters. The number of ether oxygens (including phenoxy) is 3. The summed E-state index contributed by atoms with van der Waals surface area (Å²) >= 11 is 0. The van der Waals surface area contributed by atoms with Crippen molar-refractivity contribution >= 4 is 5.97 Å². The average molecular weight is 576 g/mol. The molecule has 2 spiro atoms. The quantitative estimate of drug-likeness (QED) is 0.389. The molecule has 13 atom stereocenters. The number of nitrogens with two attached hydrogens (primary N) is 1. The lowest BCUT2D eigenvalue weighted by Gasteiger charge is -2.63. The Morgan fingerprint density at radius 3 is 2.37 bits per heavy atom. The van der Waals surface area contributed by atoms with E-state index >= 15 is 0 Å². The zero-order valence-corrected chi connectivity index (χ0v) is 26.9. The van der Waals surface area contributed by atoms with E-state index in [0.29, 0.717) is 42.2 Å². The zero-order chi connectivity index (χ0) is 30.0. The van der Waals surface area contributed by atoms with Gasteiger partial charge in [-0.15, -0.1) is 0 Å². The SMILES string of the molecule is CC(=O)OC(C1CC(C)C2C(O1)C(O)C1(C)C3CCC4C(C)(C)C(OCCN)CCC45CC35CCC21C)C(C)(C)O. The maximum absolute atomic E-state index is 12.4. The van der Waals surface area contributed by atoms with Gasteiger partial charge in [-0.05, 0) is 111 Å². The molecular weight excluding hydrogens is 518 g/mol. The third-order valence-corrected chi connectivity index (χ3v) is 14.5. The molecule has 6 rings (SSSR count). The van der Waals surface area contributed by atoms with E-state index < -0.39 is 29.9 Å². The minimum Gasteiger partial charge on any atom is -0.457 e. The molecule has 6 fully saturated rings. The fraction of sp³-hybridized carbons (Fsp3) is 0.971. The van der Waals surface area contributed by atoms with Crippen LogP contribution in [0.3, 0.4) is 0 Å². The van der Waals surface area contributed by atoms with Crippen LogP contribution in [0.1, 0.15) is 107 Å². The van der Waals surface area contributed by atoms with Crippen LogP contribution in [0.2, 0.25) is 0 Å². The Morgan fingerprint density at radius 2 is 1.73 bits per heavy atom. The van der Waals surface area contributed by atoms with Gasteiger partial charge in [0.05, 0.1) is 36.6 Å². The Hall–Kier alpha value is -0.730. The van der Waals surface area contributed by atoms with Gasteiger partial charge in [0.25, 0.3) is 0 Å². The number of rotatable bonds is 6. The summed E-state index contributed by atoms with van der Waals surface area (Å²) in [6.45, 7) is 18.0. The van der Waals surface area contributed by atoms with Crippen LogP contribution in [0.15, 0.2) is 0 Å². The molecule has 4 N–H and O–H groups in total. The van der Waals surface area contributed by atoms with Crippen LogP contribution < -0.4 is 5.73 Å². The molecule has 6 aliphatic rings. The summed E-state index contributed by atoms with van der Waals surface area (Å²) < 4.78 is 18.8. The van der Waals surface area contributed by atoms with E-state index in [-0.39, 0.29) is 40.3 Å². The van der Waals surface area contributed by atoms with E-state index in [2.05, 4.69) is 34.6 Å². The number of carbonyl (C=O) groups is 1. The second kappa shape index (κ2) is 9.39. The predicted molar refractivity (Wildman–Crippen MR) is 157 cm³/mol. The van der Waals surface area contributed by atoms with Gasteiger partial charge in [0, 0.05) is 18.9 Å². The van der Waals surface area contributed by atoms with E-state index in [0.717, 1.165) is 19.3 Å². The van der Waals surface area contributed by atoms with Gasteiger partial charge in [-0.25, -0.2) is 0 Å². The molecule has 1 aliphatic heterocycles. The summed E-state index contributed by atoms with van der Waals surface area (Å²) in [6.07, 6.45) is 7.20. The monoisotopic (exact) mass is 575 g/mol. The van der Waals surface area contributed by atoms with Crippen molar-refractivity contribution in [1.82, 2.24) is 0 Å². The zero-order valence-electron chi connectivity index (χ0n) is 26.9. The van der Waals surface area contributed by atoms with Gasteiger partial charge in [-0.3, -0.25) is 4.79 Å². The molecule has 0 radical (unpaired) electrons. The largest absolute Gasteiger partial charge is 0.457 e. The van der Waals surface area contributed by atoms with E-state index in [1.807, 2.05) is 0 Å². The van der Waals surface area contributed by atoms with Gasteiger partial charge in [0.1, 0.15) is 0 Å². The lowest BCUT2D eigenvalue weighted by atomic mass is 9.41. The number of esters is 1. The highest BCUT2D eigenvalue weighted by atomic mass is 16.6. The summed E-state index contributed by atoms with van der Waals surface area (Å²) in [5.41, 5.74) is 5.07. The summed E-state index contributed by atoms with van der Waals surface area (Å²) in [7, 11) is 0. The molecule has 1 saturated heterocycles. The molecule has 7 heteroatoms. The standard InChI is InChI=1S/C34H57NO6/c1-19-17-21(28(30(5,6)38)40-20(2)36)41-26-25(19)31(7)13-14-34-18-33(34)12-11-24(39-16-15-35)29(3,4)22(33)9-10-23(34)32(31,8)27(26)37/h19,21-28,37-38H,9-18,35H2,1-8H3. The first-order valence-electron chi connectivity index (χ1n) is 16.6. The first kappa shape index (κ1) is 30.3. The van der Waals surface area contributed by atoms with Gasteiger partial charge >= 0.3 is 5.97 Å². The Bertz CT molecular complexity index is 1060. The molecule has 41 heavy (non-hydrogen) atoms. The van der Waals surface area contributed by atoms with Gasteiger partial charge in [-0.2, -0.15) is 0 Å². The van der Waals surface area contributed by atoms with Gasteiger partial charge < -0.3 is 30.2 Å². The summed E-state index contributed by atoms with van der Waals surface area (Å²) in [6, 6.07) is 0. The maximum atomic E-state index is 12.4. The molecule has 5 aliphatic carbocycles. The normalized spacial score (nSPS) is 52.3. The van der Waals surface area contributed by atoms with Gasteiger partial charge in [0.2, 0.25) is 0 Å². The van der Waals surface area contributed by atoms with Crippen molar-refractivity contribution in [3.05, 3.63) is 0 Å². The van der Waals surface area contributed by atoms with E-state index in [4.69, 9.17) is 19.9 Å². The summed E-state index contributed by atoms with van der Waals surface area (Å²) in [5, 5.41) is 23.4. The van der Waals surface area contributed by atoms with Crippen molar-refractivity contribution in [2.75, 3.05) is 13.2 Å². The van der Waals surface area contributed by atoms with Crippen LogP contribution >= 0.6 is 0 Å². The fourth-order valence-electron chi connectivity index (χ4n) is 12.9. The second-order valence-electron chi connectivity index (χ2n) is 16.9. The lowest BCUT2D eigenvalue weighted by molar-refractivity contribution is -0.216. The Kier molecular flexibility index (Phi) is 6.94. The molecule has 0 aromatic rings. The number of fused-ring (bicyclic) bond motifs is 4. The van der Waals surface area contributed by atoms with Crippen LogP contribution in [0.4, 0.5) is 0 Å².